The number of carbonyl (C=O) groups is 1. The lowest BCUT2D eigenvalue weighted by molar-refractivity contribution is -0.116. The topological polar surface area (TPSA) is 54.9 Å². The average molecular weight is 450 g/mol. The highest BCUT2D eigenvalue weighted by Crippen LogP contribution is 2.40. The summed E-state index contributed by atoms with van der Waals surface area (Å²) in [5.74, 6) is 1.19. The molecule has 160 valence electrons. The molecule has 0 saturated carbocycles. The summed E-state index contributed by atoms with van der Waals surface area (Å²) >= 11 is 2.77. The van der Waals surface area contributed by atoms with Gasteiger partial charge in [0, 0.05) is 18.0 Å². The second kappa shape index (κ2) is 10.1. The standard InChI is InChI=1S/C21H24FN3O3S2/c1-24(2)11-12-25(18(26)13-29-15-7-5-14(22)6-8-15)21-23-19-16(27-3)9-10-17(28-4)20(19)30-21/h5-10H,11-13H2,1-4H3. The van der Waals surface area contributed by atoms with Gasteiger partial charge >= 0.3 is 0 Å². The molecule has 1 amide bonds. The van der Waals surface area contributed by atoms with E-state index >= 15 is 0 Å². The third kappa shape index (κ3) is 5.21. The largest absolute Gasteiger partial charge is 0.495 e. The summed E-state index contributed by atoms with van der Waals surface area (Å²) in [7, 11) is 7.12. The summed E-state index contributed by atoms with van der Waals surface area (Å²) in [5, 5.41) is 0.597. The van der Waals surface area contributed by atoms with E-state index in [2.05, 4.69) is 0 Å². The van der Waals surface area contributed by atoms with Crippen molar-refractivity contribution in [2.24, 2.45) is 0 Å². The highest BCUT2D eigenvalue weighted by Gasteiger charge is 2.22. The number of anilines is 1. The fourth-order valence-corrected chi connectivity index (χ4v) is 4.66. The minimum atomic E-state index is -0.296. The first-order chi connectivity index (χ1) is 14.4. The van der Waals surface area contributed by atoms with Gasteiger partial charge in [0.15, 0.2) is 5.13 Å². The summed E-state index contributed by atoms with van der Waals surface area (Å²) in [6, 6.07) is 9.77. The Morgan fingerprint density at radius 1 is 1.07 bits per heavy atom. The van der Waals surface area contributed by atoms with Crippen molar-refractivity contribution in [3.05, 3.63) is 42.2 Å². The van der Waals surface area contributed by atoms with Crippen LogP contribution < -0.4 is 14.4 Å². The predicted octanol–water partition coefficient (Wildman–Crippen LogP) is 4.14. The third-order valence-electron chi connectivity index (χ3n) is 4.38. The molecule has 3 aromatic rings. The van der Waals surface area contributed by atoms with Crippen LogP contribution in [0.4, 0.5) is 9.52 Å². The van der Waals surface area contributed by atoms with Gasteiger partial charge in [-0.05, 0) is 50.5 Å². The number of methoxy groups -OCH3 is 2. The number of halogens is 1. The van der Waals surface area contributed by atoms with Crippen molar-refractivity contribution in [1.82, 2.24) is 9.88 Å². The monoisotopic (exact) mass is 449 g/mol. The lowest BCUT2D eigenvalue weighted by Crippen LogP contribution is -2.37. The lowest BCUT2D eigenvalue weighted by Gasteiger charge is -2.21. The van der Waals surface area contributed by atoms with Crippen molar-refractivity contribution >= 4 is 44.4 Å². The first-order valence-electron chi connectivity index (χ1n) is 9.28. The molecule has 0 saturated heterocycles. The van der Waals surface area contributed by atoms with Crippen molar-refractivity contribution in [3.63, 3.8) is 0 Å². The fraction of sp³-hybridized carbons (Fsp3) is 0.333. The molecule has 0 unspecified atom stereocenters. The number of nitrogens with zero attached hydrogens (tertiary/aromatic N) is 3. The number of carbonyl (C=O) groups excluding carboxylic acids is 1. The maximum absolute atomic E-state index is 13.1. The molecular weight excluding hydrogens is 425 g/mol. The predicted molar refractivity (Wildman–Crippen MR) is 121 cm³/mol. The van der Waals surface area contributed by atoms with Crippen LogP contribution in [0.15, 0.2) is 41.3 Å². The van der Waals surface area contributed by atoms with Crippen LogP contribution in [-0.4, -0.2) is 62.9 Å². The molecule has 0 radical (unpaired) electrons. The first-order valence-corrected chi connectivity index (χ1v) is 11.1. The van der Waals surface area contributed by atoms with Crippen LogP contribution in [0.3, 0.4) is 0 Å². The number of thioether (sulfide) groups is 1. The molecule has 0 N–H and O–H groups in total. The summed E-state index contributed by atoms with van der Waals surface area (Å²) in [6.07, 6.45) is 0. The van der Waals surface area contributed by atoms with E-state index in [0.717, 1.165) is 9.60 Å². The molecule has 0 aliphatic rings. The fourth-order valence-electron chi connectivity index (χ4n) is 2.77. The Morgan fingerprint density at radius 2 is 1.73 bits per heavy atom. The van der Waals surface area contributed by atoms with Gasteiger partial charge < -0.3 is 14.4 Å². The maximum Gasteiger partial charge on any atom is 0.239 e. The summed E-state index contributed by atoms with van der Waals surface area (Å²) < 4.78 is 24.9. The van der Waals surface area contributed by atoms with Gasteiger partial charge in [-0.1, -0.05) is 11.3 Å². The summed E-state index contributed by atoms with van der Waals surface area (Å²) in [5.41, 5.74) is 0.672. The molecule has 9 heteroatoms. The molecule has 0 spiro atoms. The smallest absolute Gasteiger partial charge is 0.239 e. The number of ether oxygens (including phenoxy) is 2. The number of likely N-dealkylation sites (N-methyl/N-ethyl adjacent to an activating group) is 1. The summed E-state index contributed by atoms with van der Waals surface area (Å²) in [6.45, 7) is 1.19. The number of rotatable bonds is 9. The molecule has 0 fully saturated rings. The zero-order valence-electron chi connectivity index (χ0n) is 17.3. The minimum absolute atomic E-state index is 0.0665. The van der Waals surface area contributed by atoms with Crippen LogP contribution in [0.1, 0.15) is 0 Å². The first kappa shape index (κ1) is 22.3. The van der Waals surface area contributed by atoms with Gasteiger partial charge in [-0.2, -0.15) is 0 Å². The van der Waals surface area contributed by atoms with E-state index in [0.29, 0.717) is 35.2 Å². The zero-order valence-corrected chi connectivity index (χ0v) is 19.0. The van der Waals surface area contributed by atoms with Gasteiger partial charge in [0.1, 0.15) is 27.5 Å². The highest BCUT2D eigenvalue weighted by atomic mass is 32.2. The second-order valence-electron chi connectivity index (χ2n) is 6.74. The van der Waals surface area contributed by atoms with Crippen LogP contribution >= 0.6 is 23.1 Å². The van der Waals surface area contributed by atoms with Crippen LogP contribution in [0.2, 0.25) is 0 Å². The Labute approximate surface area is 183 Å². The maximum atomic E-state index is 13.1. The minimum Gasteiger partial charge on any atom is -0.495 e. The van der Waals surface area contributed by atoms with E-state index in [1.165, 1.54) is 35.2 Å². The van der Waals surface area contributed by atoms with Gasteiger partial charge in [-0.3, -0.25) is 9.69 Å². The molecular formula is C21H24FN3O3S2. The molecule has 3 rings (SSSR count). The molecule has 0 aliphatic heterocycles. The van der Waals surface area contributed by atoms with Crippen LogP contribution in [0.5, 0.6) is 11.5 Å². The summed E-state index contributed by atoms with van der Waals surface area (Å²) in [4.78, 5) is 22.3. The Morgan fingerprint density at radius 3 is 2.37 bits per heavy atom. The SMILES string of the molecule is COc1ccc(OC)c2sc(N(CCN(C)C)C(=O)CSc3ccc(F)cc3)nc12. The molecule has 1 heterocycles. The molecule has 30 heavy (non-hydrogen) atoms. The molecule has 0 atom stereocenters. The lowest BCUT2D eigenvalue weighted by atomic mass is 10.3. The van der Waals surface area contributed by atoms with Gasteiger partial charge in [-0.15, -0.1) is 11.8 Å². The number of hydrogen-bond donors (Lipinski definition) is 0. The molecule has 6 nitrogen and oxygen atoms in total. The van der Waals surface area contributed by atoms with E-state index < -0.39 is 0 Å². The van der Waals surface area contributed by atoms with Crippen molar-refractivity contribution in [2.45, 2.75) is 4.90 Å². The average Bonchev–Trinajstić information content (AvgIpc) is 3.17. The number of aromatic nitrogens is 1. The third-order valence-corrected chi connectivity index (χ3v) is 6.47. The number of hydrogen-bond acceptors (Lipinski definition) is 7. The van der Waals surface area contributed by atoms with Crippen molar-refractivity contribution in [1.29, 1.82) is 0 Å². The molecule has 0 bridgehead atoms. The Kier molecular flexibility index (Phi) is 7.52. The molecule has 2 aromatic carbocycles. The van der Waals surface area contributed by atoms with E-state index in [1.54, 1.807) is 37.3 Å². The van der Waals surface area contributed by atoms with E-state index in [-0.39, 0.29) is 17.5 Å². The van der Waals surface area contributed by atoms with Crippen LogP contribution in [0.25, 0.3) is 10.2 Å². The van der Waals surface area contributed by atoms with Crippen LogP contribution in [0, 0.1) is 5.82 Å². The number of thiazole rings is 1. The quantitative estimate of drug-likeness (QED) is 0.458. The van der Waals surface area contributed by atoms with E-state index in [1.807, 2.05) is 25.1 Å². The molecule has 1 aromatic heterocycles. The normalized spacial score (nSPS) is 11.1. The van der Waals surface area contributed by atoms with Crippen molar-refractivity contribution in [3.8, 4) is 11.5 Å². The Hall–Kier alpha value is -2.36. The Bertz CT molecular complexity index is 968. The van der Waals surface area contributed by atoms with E-state index in [9.17, 15) is 9.18 Å². The number of fused-ring (bicyclic) bond motifs is 1. The van der Waals surface area contributed by atoms with Gasteiger partial charge in [0.25, 0.3) is 0 Å². The Balaban J connectivity index is 1.88. The highest BCUT2D eigenvalue weighted by molar-refractivity contribution is 8.00. The van der Waals surface area contributed by atoms with Crippen LogP contribution in [-0.2, 0) is 4.79 Å². The number of benzene rings is 2. The second-order valence-corrected chi connectivity index (χ2v) is 8.76. The van der Waals surface area contributed by atoms with Crippen molar-refractivity contribution < 1.29 is 18.7 Å². The van der Waals surface area contributed by atoms with Gasteiger partial charge in [0.2, 0.25) is 5.91 Å². The van der Waals surface area contributed by atoms with Gasteiger partial charge in [-0.25, -0.2) is 9.37 Å². The zero-order chi connectivity index (χ0) is 21.7. The van der Waals surface area contributed by atoms with E-state index in [4.69, 9.17) is 14.5 Å². The number of amides is 1. The molecule has 0 aliphatic carbocycles. The van der Waals surface area contributed by atoms with Crippen molar-refractivity contribution in [2.75, 3.05) is 52.1 Å². The van der Waals surface area contributed by atoms with Gasteiger partial charge in [0.05, 0.1) is 20.0 Å².